The quantitative estimate of drug-likeness (QED) is 0.106. The summed E-state index contributed by atoms with van der Waals surface area (Å²) in [5, 5.41) is 3.56. The van der Waals surface area contributed by atoms with Crippen molar-refractivity contribution in [2.75, 3.05) is 26.2 Å². The zero-order valence-electron chi connectivity index (χ0n) is 31.8. The molecular weight excluding hydrogens is 592 g/mol. The number of nitrogens with two attached hydrogens (primary N) is 2. The zero-order chi connectivity index (χ0) is 34.2. The lowest BCUT2D eigenvalue weighted by Gasteiger charge is -2.58. The number of nitrogens with zero attached hydrogens (tertiary/aromatic N) is 1. The maximum absolute atomic E-state index is 13.7. The van der Waals surface area contributed by atoms with Crippen molar-refractivity contribution in [1.82, 2.24) is 10.2 Å². The summed E-state index contributed by atoms with van der Waals surface area (Å²) >= 11 is 0. The molecule has 0 heterocycles. The van der Waals surface area contributed by atoms with Gasteiger partial charge in [0.05, 0.1) is 0 Å². The van der Waals surface area contributed by atoms with Gasteiger partial charge in [-0.05, 0) is 156 Å². The Balaban J connectivity index is 1.01. The summed E-state index contributed by atoms with van der Waals surface area (Å²) in [5.41, 5.74) is 15.2. The maximum Gasteiger partial charge on any atom is 0.410 e. The smallest absolute Gasteiger partial charge is 0.410 e. The molecule has 1 amide bonds. The standard InChI is InChI=1S/C42H74N4O2/c1-30(2)9-8-10-31(3)35-13-14-36-34-12-11-32-29-33(15-17-39(32,4)37(34)16-18-40(35,36)5)48-38(47)46(28-24-42(44)21-22-42)27-7-6-25-45-26-23-41(43)19-20-41/h11,30-31,33-37,45H,6-10,12-29,43-44H2,1-5H3/t31-,33+,34+,35-,36+,37+,39+,40-/m1/s1. The first kappa shape index (κ1) is 36.7. The lowest BCUT2D eigenvalue weighted by molar-refractivity contribution is -0.0593. The highest BCUT2D eigenvalue weighted by molar-refractivity contribution is 5.68. The Kier molecular flexibility index (Phi) is 11.4. The van der Waals surface area contributed by atoms with Gasteiger partial charge in [-0.3, -0.25) is 0 Å². The molecule has 0 aromatic rings. The van der Waals surface area contributed by atoms with E-state index in [0.717, 1.165) is 113 Å². The van der Waals surface area contributed by atoms with Crippen molar-refractivity contribution < 1.29 is 9.53 Å². The van der Waals surface area contributed by atoms with Gasteiger partial charge in [0.25, 0.3) is 0 Å². The van der Waals surface area contributed by atoms with Gasteiger partial charge in [-0.2, -0.15) is 0 Å². The predicted octanol–water partition coefficient (Wildman–Crippen LogP) is 8.97. The summed E-state index contributed by atoms with van der Waals surface area (Å²) < 4.78 is 6.36. The van der Waals surface area contributed by atoms with E-state index in [2.05, 4.69) is 46.0 Å². The molecule has 0 unspecified atom stereocenters. The number of hydrogen-bond acceptors (Lipinski definition) is 5. The molecule has 0 aromatic carbocycles. The van der Waals surface area contributed by atoms with Crippen LogP contribution in [0.15, 0.2) is 11.6 Å². The second-order valence-electron chi connectivity index (χ2n) is 19.2. The van der Waals surface area contributed by atoms with Crippen molar-refractivity contribution in [3.05, 3.63) is 11.6 Å². The Bertz CT molecular complexity index is 1130. The molecule has 0 radical (unpaired) electrons. The summed E-state index contributed by atoms with van der Waals surface area (Å²) in [4.78, 5) is 15.6. The van der Waals surface area contributed by atoms with Crippen LogP contribution in [0.4, 0.5) is 4.79 Å². The van der Waals surface area contributed by atoms with Gasteiger partial charge in [-0.1, -0.05) is 65.5 Å². The fourth-order valence-electron chi connectivity index (χ4n) is 11.5. The topological polar surface area (TPSA) is 93.6 Å². The second-order valence-corrected chi connectivity index (χ2v) is 19.2. The molecule has 5 fully saturated rings. The van der Waals surface area contributed by atoms with Crippen molar-refractivity contribution in [1.29, 1.82) is 0 Å². The molecule has 6 heteroatoms. The highest BCUT2D eigenvalue weighted by Crippen LogP contribution is 2.67. The molecule has 0 saturated heterocycles. The van der Waals surface area contributed by atoms with E-state index < -0.39 is 0 Å². The molecule has 6 aliphatic carbocycles. The second kappa shape index (κ2) is 14.9. The van der Waals surface area contributed by atoms with E-state index in [-0.39, 0.29) is 28.7 Å². The minimum Gasteiger partial charge on any atom is -0.446 e. The van der Waals surface area contributed by atoms with Gasteiger partial charge in [0.1, 0.15) is 6.10 Å². The molecule has 6 aliphatic rings. The van der Waals surface area contributed by atoms with Crippen LogP contribution in [0.1, 0.15) is 157 Å². The Morgan fingerprint density at radius 1 is 0.875 bits per heavy atom. The number of rotatable bonds is 17. The Hall–Kier alpha value is -1.11. The normalized spacial score (nSPS) is 36.4. The Morgan fingerprint density at radius 3 is 2.35 bits per heavy atom. The van der Waals surface area contributed by atoms with Crippen molar-refractivity contribution in [2.45, 2.75) is 174 Å². The molecule has 48 heavy (non-hydrogen) atoms. The lowest BCUT2D eigenvalue weighted by Crippen LogP contribution is -2.51. The van der Waals surface area contributed by atoms with Gasteiger partial charge >= 0.3 is 6.09 Å². The van der Waals surface area contributed by atoms with E-state index in [1.807, 2.05) is 4.90 Å². The molecule has 5 saturated carbocycles. The Labute approximate surface area is 294 Å². The lowest BCUT2D eigenvalue weighted by atomic mass is 9.47. The first-order chi connectivity index (χ1) is 22.8. The summed E-state index contributed by atoms with van der Waals surface area (Å²) in [7, 11) is 0. The van der Waals surface area contributed by atoms with Crippen LogP contribution in [0.3, 0.4) is 0 Å². The number of carbonyl (C=O) groups excluding carboxylic acids is 1. The van der Waals surface area contributed by atoms with E-state index in [9.17, 15) is 4.79 Å². The molecule has 0 aliphatic heterocycles. The van der Waals surface area contributed by atoms with Crippen LogP contribution in [-0.2, 0) is 4.74 Å². The fraction of sp³-hybridized carbons (Fsp3) is 0.929. The molecule has 6 rings (SSSR count). The van der Waals surface area contributed by atoms with Gasteiger partial charge in [0, 0.05) is 30.6 Å². The molecular formula is C42H74N4O2. The minimum atomic E-state index is -0.109. The number of carbonyl (C=O) groups is 1. The van der Waals surface area contributed by atoms with Crippen LogP contribution in [0.25, 0.3) is 0 Å². The molecule has 0 spiro atoms. The third kappa shape index (κ3) is 8.33. The van der Waals surface area contributed by atoms with Crippen LogP contribution in [0, 0.1) is 46.3 Å². The van der Waals surface area contributed by atoms with Crippen molar-refractivity contribution >= 4 is 6.09 Å². The molecule has 0 bridgehead atoms. The first-order valence-corrected chi connectivity index (χ1v) is 20.8. The largest absolute Gasteiger partial charge is 0.446 e. The van der Waals surface area contributed by atoms with Gasteiger partial charge < -0.3 is 26.4 Å². The van der Waals surface area contributed by atoms with Crippen LogP contribution in [0.2, 0.25) is 0 Å². The molecule has 5 N–H and O–H groups in total. The summed E-state index contributed by atoms with van der Waals surface area (Å²) in [6, 6.07) is 0. The van der Waals surface area contributed by atoms with E-state index in [0.29, 0.717) is 12.0 Å². The van der Waals surface area contributed by atoms with E-state index in [4.69, 9.17) is 16.2 Å². The zero-order valence-corrected chi connectivity index (χ0v) is 31.8. The van der Waals surface area contributed by atoms with Crippen LogP contribution in [0.5, 0.6) is 0 Å². The van der Waals surface area contributed by atoms with Gasteiger partial charge in [-0.25, -0.2) is 4.79 Å². The number of unbranched alkanes of at least 4 members (excludes halogenated alkanes) is 1. The molecule has 6 nitrogen and oxygen atoms in total. The molecule has 8 atom stereocenters. The maximum atomic E-state index is 13.7. The van der Waals surface area contributed by atoms with Crippen molar-refractivity contribution in [3.63, 3.8) is 0 Å². The molecule has 274 valence electrons. The van der Waals surface area contributed by atoms with Gasteiger partial charge in [0.15, 0.2) is 0 Å². The van der Waals surface area contributed by atoms with Crippen molar-refractivity contribution in [3.8, 4) is 0 Å². The number of ether oxygens (including phenoxy) is 1. The van der Waals surface area contributed by atoms with E-state index in [1.54, 1.807) is 5.57 Å². The van der Waals surface area contributed by atoms with E-state index >= 15 is 0 Å². The average Bonchev–Trinajstić information content (AvgIpc) is 3.93. The SMILES string of the molecule is CC(C)CCC[C@@H](C)[C@H]1CC[C@H]2[C@@H]3CC=C4C[C@@H](OC(=O)N(CCCCNCCC5(N)CC5)CCC5(N)CC5)CC[C@]4(C)[C@H]3CC[C@]12C. The van der Waals surface area contributed by atoms with Crippen molar-refractivity contribution in [2.24, 2.45) is 57.8 Å². The fourth-order valence-corrected chi connectivity index (χ4v) is 11.5. The van der Waals surface area contributed by atoms with Gasteiger partial charge in [0.2, 0.25) is 0 Å². The number of nitrogens with one attached hydrogen (secondary N) is 1. The molecule has 0 aromatic heterocycles. The van der Waals surface area contributed by atoms with Gasteiger partial charge in [-0.15, -0.1) is 0 Å². The van der Waals surface area contributed by atoms with Crippen LogP contribution < -0.4 is 16.8 Å². The number of allylic oxidation sites excluding steroid dienone is 1. The summed E-state index contributed by atoms with van der Waals surface area (Å²) in [6.07, 6.45) is 25.3. The first-order valence-electron chi connectivity index (χ1n) is 20.8. The minimum absolute atomic E-state index is 0.00715. The third-order valence-corrected chi connectivity index (χ3v) is 15.3. The number of fused-ring (bicyclic) bond motifs is 5. The number of amides is 1. The van der Waals surface area contributed by atoms with Crippen LogP contribution in [-0.4, -0.2) is 54.4 Å². The van der Waals surface area contributed by atoms with E-state index in [1.165, 1.54) is 64.2 Å². The Morgan fingerprint density at radius 2 is 1.62 bits per heavy atom. The third-order valence-electron chi connectivity index (χ3n) is 15.3. The highest BCUT2D eigenvalue weighted by Gasteiger charge is 2.59. The number of hydrogen-bond donors (Lipinski definition) is 3. The average molecular weight is 667 g/mol. The summed E-state index contributed by atoms with van der Waals surface area (Å²) in [6.45, 7) is 16.1. The monoisotopic (exact) mass is 667 g/mol. The van der Waals surface area contributed by atoms with Crippen LogP contribution >= 0.6 is 0 Å². The highest BCUT2D eigenvalue weighted by atomic mass is 16.6. The predicted molar refractivity (Wildman–Crippen MR) is 199 cm³/mol. The summed E-state index contributed by atoms with van der Waals surface area (Å²) in [5.74, 6) is 5.11.